The lowest BCUT2D eigenvalue weighted by molar-refractivity contribution is -0.138. The normalized spacial score (nSPS) is 24.6. The van der Waals surface area contributed by atoms with E-state index in [2.05, 4.69) is 0 Å². The zero-order valence-electron chi connectivity index (χ0n) is 7.90. The Morgan fingerprint density at radius 3 is 2.79 bits per heavy atom. The molecule has 1 fully saturated rings. The summed E-state index contributed by atoms with van der Waals surface area (Å²) in [5.41, 5.74) is 1.83. The minimum atomic E-state index is -0.768. The van der Waals surface area contributed by atoms with Crippen LogP contribution >= 0.6 is 0 Å². The first kappa shape index (κ1) is 9.06. The van der Waals surface area contributed by atoms with Gasteiger partial charge in [0.25, 0.3) is 0 Å². The van der Waals surface area contributed by atoms with E-state index in [0.717, 1.165) is 11.1 Å². The maximum absolute atomic E-state index is 10.7. The van der Waals surface area contributed by atoms with Crippen LogP contribution in [0.1, 0.15) is 23.5 Å². The largest absolute Gasteiger partial charge is 0.508 e. The zero-order chi connectivity index (χ0) is 10.3. The van der Waals surface area contributed by atoms with Gasteiger partial charge in [-0.2, -0.15) is 0 Å². The van der Waals surface area contributed by atoms with Crippen LogP contribution in [-0.4, -0.2) is 16.2 Å². The van der Waals surface area contributed by atoms with E-state index >= 15 is 0 Å². The Hall–Kier alpha value is -1.51. The lowest BCUT2D eigenvalue weighted by Crippen LogP contribution is -1.99. The smallest absolute Gasteiger partial charge is 0.307 e. The summed E-state index contributed by atoms with van der Waals surface area (Å²) in [6, 6.07) is 5.31. The van der Waals surface area contributed by atoms with Gasteiger partial charge in [0.1, 0.15) is 5.75 Å². The first-order valence-electron chi connectivity index (χ1n) is 4.62. The molecule has 0 aliphatic heterocycles. The molecule has 1 saturated carbocycles. The number of phenolic OH excluding ortho intramolecular Hbond substituents is 1. The Bertz CT molecular complexity index is 384. The highest BCUT2D eigenvalue weighted by molar-refractivity contribution is 5.75. The van der Waals surface area contributed by atoms with Crippen LogP contribution in [0.15, 0.2) is 18.2 Å². The van der Waals surface area contributed by atoms with Gasteiger partial charge in [-0.25, -0.2) is 0 Å². The summed E-state index contributed by atoms with van der Waals surface area (Å²) in [7, 11) is 0. The molecule has 2 N–H and O–H groups in total. The first-order chi connectivity index (χ1) is 6.59. The molecule has 0 spiro atoms. The van der Waals surface area contributed by atoms with Gasteiger partial charge in [0, 0.05) is 5.92 Å². The monoisotopic (exact) mass is 192 g/mol. The van der Waals surface area contributed by atoms with E-state index in [0.29, 0.717) is 6.42 Å². The molecule has 2 atom stereocenters. The molecule has 1 aromatic rings. The van der Waals surface area contributed by atoms with Crippen LogP contribution in [0.2, 0.25) is 0 Å². The maximum atomic E-state index is 10.7. The number of carbonyl (C=O) groups is 1. The van der Waals surface area contributed by atoms with Crippen molar-refractivity contribution in [3.63, 3.8) is 0 Å². The van der Waals surface area contributed by atoms with Crippen molar-refractivity contribution in [3.05, 3.63) is 29.3 Å². The number of carboxylic acid groups (broad SMARTS) is 1. The van der Waals surface area contributed by atoms with Crippen LogP contribution in [0, 0.1) is 12.8 Å². The van der Waals surface area contributed by atoms with Crippen LogP contribution in [0.4, 0.5) is 0 Å². The van der Waals surface area contributed by atoms with Crippen molar-refractivity contribution < 1.29 is 15.0 Å². The second kappa shape index (κ2) is 3.01. The number of aryl methyl sites for hydroxylation is 1. The van der Waals surface area contributed by atoms with Crippen molar-refractivity contribution >= 4 is 5.97 Å². The molecule has 2 rings (SSSR count). The van der Waals surface area contributed by atoms with E-state index in [4.69, 9.17) is 5.11 Å². The Morgan fingerprint density at radius 2 is 2.21 bits per heavy atom. The number of aromatic hydroxyl groups is 1. The van der Waals surface area contributed by atoms with E-state index in [1.165, 1.54) is 0 Å². The first-order valence-corrected chi connectivity index (χ1v) is 4.62. The predicted molar refractivity (Wildman–Crippen MR) is 51.3 cm³/mol. The van der Waals surface area contributed by atoms with Crippen LogP contribution < -0.4 is 0 Å². The SMILES string of the molecule is Cc1ccc(O)c(C2CC2C(=O)O)c1. The van der Waals surface area contributed by atoms with E-state index in [9.17, 15) is 9.90 Å². The molecule has 2 unspecified atom stereocenters. The number of phenols is 1. The third-order valence-electron chi connectivity index (χ3n) is 2.69. The van der Waals surface area contributed by atoms with Crippen LogP contribution in [0.25, 0.3) is 0 Å². The highest BCUT2D eigenvalue weighted by Gasteiger charge is 2.45. The fourth-order valence-electron chi connectivity index (χ4n) is 1.78. The van der Waals surface area contributed by atoms with E-state index in [-0.39, 0.29) is 17.6 Å². The Labute approximate surface area is 82.0 Å². The molecular formula is C11H12O3. The summed E-state index contributed by atoms with van der Waals surface area (Å²) in [5, 5.41) is 18.3. The molecule has 0 amide bonds. The van der Waals surface area contributed by atoms with Gasteiger partial charge < -0.3 is 10.2 Å². The highest BCUT2D eigenvalue weighted by atomic mass is 16.4. The molecule has 1 aromatic carbocycles. The Kier molecular flexibility index (Phi) is 1.95. The number of rotatable bonds is 2. The number of hydrogen-bond donors (Lipinski definition) is 2. The van der Waals surface area contributed by atoms with Gasteiger partial charge in [0.05, 0.1) is 5.92 Å². The summed E-state index contributed by atoms with van der Waals surface area (Å²) in [4.78, 5) is 10.7. The number of aliphatic carboxylic acids is 1. The molecule has 0 aromatic heterocycles. The number of hydrogen-bond acceptors (Lipinski definition) is 2. The summed E-state index contributed by atoms with van der Waals surface area (Å²) in [5.74, 6) is -0.852. The Balaban J connectivity index is 2.26. The molecule has 0 bridgehead atoms. The fourth-order valence-corrected chi connectivity index (χ4v) is 1.78. The molecule has 14 heavy (non-hydrogen) atoms. The standard InChI is InChI=1S/C11H12O3/c1-6-2-3-10(12)8(4-6)7-5-9(7)11(13)14/h2-4,7,9,12H,5H2,1H3,(H,13,14). The molecule has 0 heterocycles. The highest BCUT2D eigenvalue weighted by Crippen LogP contribution is 2.50. The van der Waals surface area contributed by atoms with E-state index < -0.39 is 5.97 Å². The van der Waals surface area contributed by atoms with Crippen molar-refractivity contribution in [3.8, 4) is 5.75 Å². The van der Waals surface area contributed by atoms with Crippen molar-refractivity contribution in [1.29, 1.82) is 0 Å². The average molecular weight is 192 g/mol. The second-order valence-corrected chi connectivity index (χ2v) is 3.85. The minimum absolute atomic E-state index is 0.00685. The van der Waals surface area contributed by atoms with Crippen LogP contribution in [0.3, 0.4) is 0 Å². The van der Waals surface area contributed by atoms with Gasteiger partial charge in [0.2, 0.25) is 0 Å². The Morgan fingerprint density at radius 1 is 1.50 bits per heavy atom. The minimum Gasteiger partial charge on any atom is -0.508 e. The fraction of sp³-hybridized carbons (Fsp3) is 0.364. The third kappa shape index (κ3) is 1.45. The zero-order valence-corrected chi connectivity index (χ0v) is 7.90. The number of benzene rings is 1. The summed E-state index contributed by atoms with van der Waals surface area (Å²) < 4.78 is 0. The molecule has 3 heteroatoms. The van der Waals surface area contributed by atoms with Gasteiger partial charge >= 0.3 is 5.97 Å². The molecule has 0 radical (unpaired) electrons. The predicted octanol–water partition coefficient (Wildman–Crippen LogP) is 1.89. The lowest BCUT2D eigenvalue weighted by atomic mass is 10.1. The van der Waals surface area contributed by atoms with Gasteiger partial charge in [-0.3, -0.25) is 4.79 Å². The quantitative estimate of drug-likeness (QED) is 0.752. The van der Waals surface area contributed by atoms with Gasteiger partial charge in [-0.1, -0.05) is 17.7 Å². The lowest BCUT2D eigenvalue weighted by Gasteiger charge is -2.03. The number of carboxylic acids is 1. The van der Waals surface area contributed by atoms with Crippen molar-refractivity contribution in [1.82, 2.24) is 0 Å². The topological polar surface area (TPSA) is 57.5 Å². The summed E-state index contributed by atoms with van der Waals surface area (Å²) in [6.07, 6.45) is 0.645. The van der Waals surface area contributed by atoms with E-state index in [1.54, 1.807) is 6.07 Å². The molecule has 1 aliphatic carbocycles. The van der Waals surface area contributed by atoms with Gasteiger partial charge in [-0.15, -0.1) is 0 Å². The molecule has 3 nitrogen and oxygen atoms in total. The van der Waals surface area contributed by atoms with Gasteiger partial charge in [0.15, 0.2) is 0 Å². The second-order valence-electron chi connectivity index (χ2n) is 3.85. The van der Waals surface area contributed by atoms with Crippen LogP contribution in [0.5, 0.6) is 5.75 Å². The molecular weight excluding hydrogens is 180 g/mol. The third-order valence-corrected chi connectivity index (χ3v) is 2.69. The van der Waals surface area contributed by atoms with Crippen LogP contribution in [-0.2, 0) is 4.79 Å². The van der Waals surface area contributed by atoms with Gasteiger partial charge in [-0.05, 0) is 25.0 Å². The van der Waals surface area contributed by atoms with Crippen molar-refractivity contribution in [2.24, 2.45) is 5.92 Å². The summed E-state index contributed by atoms with van der Waals surface area (Å²) in [6.45, 7) is 1.93. The molecule has 74 valence electrons. The average Bonchev–Trinajstić information content (AvgIpc) is 2.88. The maximum Gasteiger partial charge on any atom is 0.307 e. The van der Waals surface area contributed by atoms with Crippen molar-refractivity contribution in [2.75, 3.05) is 0 Å². The van der Waals surface area contributed by atoms with E-state index in [1.807, 2.05) is 19.1 Å². The molecule has 0 saturated heterocycles. The molecule has 1 aliphatic rings. The summed E-state index contributed by atoms with van der Waals surface area (Å²) >= 11 is 0. The van der Waals surface area contributed by atoms with Crippen molar-refractivity contribution in [2.45, 2.75) is 19.3 Å².